The molecule has 0 bridgehead atoms. The van der Waals surface area contributed by atoms with Crippen LogP contribution in [0.4, 0.5) is 23.8 Å². The third-order valence-corrected chi connectivity index (χ3v) is 6.07. The van der Waals surface area contributed by atoms with E-state index in [9.17, 15) is 23.2 Å². The smallest absolute Gasteiger partial charge is 0.418 e. The van der Waals surface area contributed by atoms with E-state index in [0.29, 0.717) is 5.69 Å². The number of piperazine rings is 1. The first-order valence-corrected chi connectivity index (χ1v) is 11.8. The number of aromatic nitrogens is 4. The van der Waals surface area contributed by atoms with Crippen LogP contribution >= 0.6 is 0 Å². The highest BCUT2D eigenvalue weighted by Gasteiger charge is 2.40. The molecule has 0 aliphatic carbocycles. The molecule has 1 aliphatic heterocycles. The molecule has 4 rings (SSSR count). The highest BCUT2D eigenvalue weighted by Crippen LogP contribution is 2.41. The molecule has 1 amide bonds. The normalized spacial score (nSPS) is 18.7. The molecule has 196 valence electrons. The lowest BCUT2D eigenvalue weighted by molar-refractivity contribution is -0.136. The summed E-state index contributed by atoms with van der Waals surface area (Å²) in [6.07, 6.45) is -3.01. The van der Waals surface area contributed by atoms with Crippen molar-refractivity contribution in [1.29, 1.82) is 5.26 Å². The quantitative estimate of drug-likeness (QED) is 0.481. The lowest BCUT2D eigenvalue weighted by Crippen LogP contribution is -2.59. The van der Waals surface area contributed by atoms with Crippen LogP contribution in [0, 0.1) is 18.3 Å². The van der Waals surface area contributed by atoms with Gasteiger partial charge in [-0.15, -0.1) is 0 Å². The predicted octanol–water partition coefficient (Wildman–Crippen LogP) is 4.85. The summed E-state index contributed by atoms with van der Waals surface area (Å²) in [4.78, 5) is 28.9. The Balaban J connectivity index is 1.82. The van der Waals surface area contributed by atoms with Crippen LogP contribution in [-0.2, 0) is 10.9 Å². The van der Waals surface area contributed by atoms with Crippen LogP contribution in [0.15, 0.2) is 24.7 Å². The summed E-state index contributed by atoms with van der Waals surface area (Å²) in [5.41, 5.74) is -0.800. The van der Waals surface area contributed by atoms with Crippen LogP contribution < -0.4 is 4.90 Å². The maximum atomic E-state index is 14.3. The largest absolute Gasteiger partial charge is 0.444 e. The summed E-state index contributed by atoms with van der Waals surface area (Å²) in [5.74, 6) is 0.269. The third kappa shape index (κ3) is 5.16. The van der Waals surface area contributed by atoms with Gasteiger partial charge in [-0.3, -0.25) is 4.57 Å². The molecule has 1 unspecified atom stereocenters. The topological polar surface area (TPSA) is 100 Å². The second-order valence-corrected chi connectivity index (χ2v) is 10.3. The SMILES string of the molecule is Cc1cc(C#N)cc(-n2cc(C(F)(F)F)c3c(N4C[C@H](C)N(C(=O)OC(C)(C)C)CC4C)ncnc32)n1. The van der Waals surface area contributed by atoms with Gasteiger partial charge in [-0.05, 0) is 53.7 Å². The number of alkyl halides is 3. The van der Waals surface area contributed by atoms with Crippen molar-refractivity contribution in [2.75, 3.05) is 18.0 Å². The summed E-state index contributed by atoms with van der Waals surface area (Å²) in [5, 5.41) is 9.17. The Hall–Kier alpha value is -3.88. The van der Waals surface area contributed by atoms with Crippen molar-refractivity contribution in [3.8, 4) is 11.9 Å². The van der Waals surface area contributed by atoms with E-state index in [1.807, 2.05) is 19.9 Å². The van der Waals surface area contributed by atoms with Gasteiger partial charge in [0.2, 0.25) is 0 Å². The van der Waals surface area contributed by atoms with Gasteiger partial charge in [0.1, 0.15) is 23.6 Å². The second kappa shape index (κ2) is 9.21. The first-order chi connectivity index (χ1) is 17.2. The number of fused-ring (bicyclic) bond motifs is 1. The summed E-state index contributed by atoms with van der Waals surface area (Å²) in [7, 11) is 0. The standard InChI is InChI=1S/C25H28F3N7O2/c1-14-7-17(9-29)8-19(32-14)35-12-18(25(26,27)28)20-21(30-13-31-22(20)35)33-10-16(3)34(11-15(33)2)23(36)37-24(4,5)6/h7-8,12-13,15-16H,10-11H2,1-6H3/t15?,16-/m0/s1. The molecule has 2 atom stereocenters. The van der Waals surface area contributed by atoms with E-state index in [1.165, 1.54) is 17.0 Å². The monoisotopic (exact) mass is 515 g/mol. The number of carbonyl (C=O) groups excluding carboxylic acids is 1. The highest BCUT2D eigenvalue weighted by molar-refractivity contribution is 5.93. The Bertz CT molecular complexity index is 1390. The van der Waals surface area contributed by atoms with Gasteiger partial charge in [-0.1, -0.05) is 0 Å². The van der Waals surface area contributed by atoms with E-state index in [2.05, 4.69) is 15.0 Å². The van der Waals surface area contributed by atoms with E-state index in [0.717, 1.165) is 6.20 Å². The fourth-order valence-corrected chi connectivity index (χ4v) is 4.49. The number of nitriles is 1. The molecule has 12 heteroatoms. The molecule has 1 aliphatic rings. The Morgan fingerprint density at radius 2 is 1.84 bits per heavy atom. The van der Waals surface area contributed by atoms with Crippen molar-refractivity contribution in [3.05, 3.63) is 41.5 Å². The predicted molar refractivity (Wildman–Crippen MR) is 130 cm³/mol. The molecule has 0 aromatic carbocycles. The van der Waals surface area contributed by atoms with Crippen LogP contribution in [-0.4, -0.2) is 61.3 Å². The number of nitrogens with zero attached hydrogens (tertiary/aromatic N) is 7. The van der Waals surface area contributed by atoms with Crippen molar-refractivity contribution < 1.29 is 22.7 Å². The zero-order chi connectivity index (χ0) is 27.3. The van der Waals surface area contributed by atoms with Gasteiger partial charge >= 0.3 is 12.3 Å². The number of pyridine rings is 1. The Kier molecular flexibility index (Phi) is 6.52. The average Bonchev–Trinajstić information content (AvgIpc) is 3.19. The number of carbonyl (C=O) groups is 1. The molecule has 0 saturated carbocycles. The summed E-state index contributed by atoms with van der Waals surface area (Å²) < 4.78 is 49.6. The first-order valence-electron chi connectivity index (χ1n) is 11.8. The molecule has 1 saturated heterocycles. The van der Waals surface area contributed by atoms with Crippen LogP contribution in [0.5, 0.6) is 0 Å². The minimum absolute atomic E-state index is 0.0220. The van der Waals surface area contributed by atoms with Crippen LogP contribution in [0.3, 0.4) is 0 Å². The van der Waals surface area contributed by atoms with Crippen LogP contribution in [0.2, 0.25) is 0 Å². The molecule has 3 aromatic rings. The average molecular weight is 516 g/mol. The molecular weight excluding hydrogens is 487 g/mol. The Morgan fingerprint density at radius 3 is 2.46 bits per heavy atom. The van der Waals surface area contributed by atoms with E-state index < -0.39 is 23.4 Å². The number of ether oxygens (including phenoxy) is 1. The Labute approximate surface area is 212 Å². The minimum Gasteiger partial charge on any atom is -0.444 e. The van der Waals surface area contributed by atoms with E-state index in [4.69, 9.17) is 4.74 Å². The lowest BCUT2D eigenvalue weighted by atomic mass is 10.1. The zero-order valence-electron chi connectivity index (χ0n) is 21.5. The number of rotatable bonds is 2. The van der Waals surface area contributed by atoms with Crippen molar-refractivity contribution in [1.82, 2.24) is 24.4 Å². The van der Waals surface area contributed by atoms with Crippen LogP contribution in [0.25, 0.3) is 16.9 Å². The van der Waals surface area contributed by atoms with Crippen molar-refractivity contribution in [2.45, 2.75) is 65.4 Å². The van der Waals surface area contributed by atoms with E-state index in [-0.39, 0.29) is 53.4 Å². The van der Waals surface area contributed by atoms with Gasteiger partial charge in [0.15, 0.2) is 5.65 Å². The molecule has 0 radical (unpaired) electrons. The summed E-state index contributed by atoms with van der Waals surface area (Å²) >= 11 is 0. The highest BCUT2D eigenvalue weighted by atomic mass is 19.4. The first kappa shape index (κ1) is 26.2. The second-order valence-electron chi connectivity index (χ2n) is 10.3. The third-order valence-electron chi connectivity index (χ3n) is 6.07. The number of halogens is 3. The fraction of sp³-hybridized carbons (Fsp3) is 0.480. The van der Waals surface area contributed by atoms with Gasteiger partial charge in [-0.2, -0.15) is 18.4 Å². The molecule has 3 aromatic heterocycles. The molecule has 4 heterocycles. The van der Waals surface area contributed by atoms with Crippen LogP contribution in [0.1, 0.15) is 51.4 Å². The zero-order valence-corrected chi connectivity index (χ0v) is 21.5. The van der Waals surface area contributed by atoms with Gasteiger partial charge in [-0.25, -0.2) is 19.7 Å². The molecular formula is C25H28F3N7O2. The minimum atomic E-state index is -4.70. The maximum absolute atomic E-state index is 14.3. The van der Waals surface area contributed by atoms with Crippen molar-refractivity contribution >= 4 is 22.9 Å². The number of amides is 1. The van der Waals surface area contributed by atoms with E-state index in [1.54, 1.807) is 43.6 Å². The maximum Gasteiger partial charge on any atom is 0.418 e. The number of anilines is 1. The van der Waals surface area contributed by atoms with Crippen molar-refractivity contribution in [2.24, 2.45) is 0 Å². The fourth-order valence-electron chi connectivity index (χ4n) is 4.49. The molecule has 37 heavy (non-hydrogen) atoms. The van der Waals surface area contributed by atoms with Gasteiger partial charge in [0.25, 0.3) is 0 Å². The summed E-state index contributed by atoms with van der Waals surface area (Å²) in [6, 6.07) is 4.27. The molecule has 1 fully saturated rings. The van der Waals surface area contributed by atoms with Crippen molar-refractivity contribution in [3.63, 3.8) is 0 Å². The number of aryl methyl sites for hydroxylation is 1. The molecule has 0 spiro atoms. The van der Waals surface area contributed by atoms with Gasteiger partial charge < -0.3 is 14.5 Å². The van der Waals surface area contributed by atoms with Gasteiger partial charge in [0, 0.05) is 37.1 Å². The number of hydrogen-bond acceptors (Lipinski definition) is 7. The summed E-state index contributed by atoms with van der Waals surface area (Å²) in [6.45, 7) is 11.1. The number of hydrogen-bond donors (Lipinski definition) is 0. The molecule has 0 N–H and O–H groups in total. The van der Waals surface area contributed by atoms with Gasteiger partial charge in [0.05, 0.1) is 22.6 Å². The molecule has 9 nitrogen and oxygen atoms in total. The van der Waals surface area contributed by atoms with E-state index >= 15 is 0 Å². The lowest BCUT2D eigenvalue weighted by Gasteiger charge is -2.44. The Morgan fingerprint density at radius 1 is 1.14 bits per heavy atom.